The van der Waals surface area contributed by atoms with Crippen LogP contribution in [0, 0.1) is 11.3 Å². The monoisotopic (exact) mass is 242 g/mol. The summed E-state index contributed by atoms with van der Waals surface area (Å²) in [6, 6.07) is 0.132. The molecule has 1 saturated heterocycles. The van der Waals surface area contributed by atoms with E-state index >= 15 is 0 Å². The lowest BCUT2D eigenvalue weighted by molar-refractivity contribution is -0.127. The summed E-state index contributed by atoms with van der Waals surface area (Å²) < 4.78 is 5.43. The van der Waals surface area contributed by atoms with Gasteiger partial charge in [-0.3, -0.25) is 4.79 Å². The van der Waals surface area contributed by atoms with Crippen LogP contribution >= 0.6 is 0 Å². The summed E-state index contributed by atoms with van der Waals surface area (Å²) in [6.07, 6.45) is 1.68. The predicted molar refractivity (Wildman–Crippen MR) is 68.6 cm³/mol. The molecule has 0 radical (unpaired) electrons. The van der Waals surface area contributed by atoms with E-state index in [-0.39, 0.29) is 29.4 Å². The van der Waals surface area contributed by atoms with Crippen molar-refractivity contribution in [3.05, 3.63) is 0 Å². The van der Waals surface area contributed by atoms with Crippen LogP contribution < -0.4 is 11.1 Å². The van der Waals surface area contributed by atoms with Crippen molar-refractivity contribution in [2.45, 2.75) is 52.7 Å². The minimum absolute atomic E-state index is 0.00220. The van der Waals surface area contributed by atoms with Gasteiger partial charge in [0.2, 0.25) is 5.91 Å². The van der Waals surface area contributed by atoms with Gasteiger partial charge < -0.3 is 15.8 Å². The Hall–Kier alpha value is -0.610. The van der Waals surface area contributed by atoms with E-state index in [9.17, 15) is 4.79 Å². The van der Waals surface area contributed by atoms with Crippen LogP contribution in [0.5, 0.6) is 0 Å². The minimum atomic E-state index is -0.00220. The Labute approximate surface area is 104 Å². The average Bonchev–Trinajstić information content (AvgIpc) is 2.62. The number of carbonyl (C=O) groups excluding carboxylic acids is 1. The second-order valence-electron chi connectivity index (χ2n) is 5.98. The maximum Gasteiger partial charge on any atom is 0.226 e. The predicted octanol–water partition coefficient (Wildman–Crippen LogP) is 1.29. The lowest BCUT2D eigenvalue weighted by Gasteiger charge is -2.32. The van der Waals surface area contributed by atoms with Gasteiger partial charge in [0.05, 0.1) is 12.0 Å². The van der Waals surface area contributed by atoms with Crippen LogP contribution in [0.3, 0.4) is 0 Å². The highest BCUT2D eigenvalue weighted by Gasteiger charge is 2.34. The average molecular weight is 242 g/mol. The Morgan fingerprint density at radius 2 is 2.18 bits per heavy atom. The first kappa shape index (κ1) is 14.5. The molecular weight excluding hydrogens is 216 g/mol. The van der Waals surface area contributed by atoms with Crippen LogP contribution in [0.4, 0.5) is 0 Å². The number of nitrogens with two attached hydrogens (primary N) is 1. The highest BCUT2D eigenvalue weighted by atomic mass is 16.5. The number of carbonyl (C=O) groups is 1. The van der Waals surface area contributed by atoms with E-state index in [2.05, 4.69) is 26.1 Å². The highest BCUT2D eigenvalue weighted by Crippen LogP contribution is 2.24. The van der Waals surface area contributed by atoms with Crippen molar-refractivity contribution < 1.29 is 9.53 Å². The third kappa shape index (κ3) is 3.96. The lowest BCUT2D eigenvalue weighted by Crippen LogP contribution is -2.48. The zero-order valence-electron chi connectivity index (χ0n) is 11.5. The molecule has 0 aromatic carbocycles. The first-order valence-electron chi connectivity index (χ1n) is 6.48. The molecular formula is C13H26N2O2. The Kier molecular flexibility index (Phi) is 4.95. The van der Waals surface area contributed by atoms with Crippen molar-refractivity contribution in [1.29, 1.82) is 0 Å². The molecule has 0 aromatic heterocycles. The van der Waals surface area contributed by atoms with Gasteiger partial charge in [-0.2, -0.15) is 0 Å². The van der Waals surface area contributed by atoms with Crippen LogP contribution in [0.25, 0.3) is 0 Å². The molecule has 1 aliphatic rings. The van der Waals surface area contributed by atoms with Crippen molar-refractivity contribution in [2.24, 2.45) is 17.1 Å². The normalized spacial score (nSPS) is 26.9. The number of ether oxygens (including phenoxy) is 1. The standard InChI is InChI=1S/C13H26N2O2/c1-9-10(6-8-17-9)12(16)15-11(5-7-14)13(2,3)4/h9-11H,5-8,14H2,1-4H3,(H,15,16). The molecule has 0 spiro atoms. The SMILES string of the molecule is CC1OCCC1C(=O)NC(CCN)C(C)(C)C. The second-order valence-corrected chi connectivity index (χ2v) is 5.98. The molecule has 17 heavy (non-hydrogen) atoms. The summed E-state index contributed by atoms with van der Waals surface area (Å²) in [5.74, 6) is 0.112. The molecule has 3 N–H and O–H groups in total. The smallest absolute Gasteiger partial charge is 0.226 e. The Morgan fingerprint density at radius 3 is 2.59 bits per heavy atom. The number of rotatable bonds is 4. The van der Waals surface area contributed by atoms with E-state index in [1.54, 1.807) is 0 Å². The fourth-order valence-electron chi connectivity index (χ4n) is 2.24. The van der Waals surface area contributed by atoms with Crippen molar-refractivity contribution >= 4 is 5.91 Å². The highest BCUT2D eigenvalue weighted by molar-refractivity contribution is 5.79. The van der Waals surface area contributed by atoms with Crippen LogP contribution in [0.1, 0.15) is 40.5 Å². The topological polar surface area (TPSA) is 64.3 Å². The molecule has 1 amide bonds. The van der Waals surface area contributed by atoms with Gasteiger partial charge in [-0.05, 0) is 31.7 Å². The van der Waals surface area contributed by atoms with Crippen LogP contribution in [-0.2, 0) is 9.53 Å². The molecule has 1 fully saturated rings. The van der Waals surface area contributed by atoms with Gasteiger partial charge in [0.15, 0.2) is 0 Å². The Balaban J connectivity index is 2.57. The molecule has 4 heteroatoms. The summed E-state index contributed by atoms with van der Waals surface area (Å²) in [5.41, 5.74) is 5.65. The molecule has 0 aliphatic carbocycles. The molecule has 1 rings (SSSR count). The van der Waals surface area contributed by atoms with E-state index in [1.807, 2.05) is 6.92 Å². The van der Waals surface area contributed by atoms with Crippen molar-refractivity contribution in [2.75, 3.05) is 13.2 Å². The molecule has 0 aromatic rings. The van der Waals surface area contributed by atoms with Crippen molar-refractivity contribution in [3.8, 4) is 0 Å². The van der Waals surface area contributed by atoms with Crippen molar-refractivity contribution in [1.82, 2.24) is 5.32 Å². The summed E-state index contributed by atoms with van der Waals surface area (Å²) in [7, 11) is 0. The second kappa shape index (κ2) is 5.83. The maximum absolute atomic E-state index is 12.2. The number of hydrogen-bond donors (Lipinski definition) is 2. The number of amides is 1. The van der Waals surface area contributed by atoms with Gasteiger partial charge in [-0.25, -0.2) is 0 Å². The third-order valence-corrected chi connectivity index (χ3v) is 3.53. The number of nitrogens with one attached hydrogen (secondary N) is 1. The molecule has 0 saturated carbocycles. The van der Waals surface area contributed by atoms with Gasteiger partial charge in [-0.1, -0.05) is 20.8 Å². The van der Waals surface area contributed by atoms with Gasteiger partial charge >= 0.3 is 0 Å². The number of hydrogen-bond acceptors (Lipinski definition) is 3. The summed E-state index contributed by atoms with van der Waals surface area (Å²) in [4.78, 5) is 12.2. The minimum Gasteiger partial charge on any atom is -0.378 e. The molecule has 3 unspecified atom stereocenters. The zero-order valence-corrected chi connectivity index (χ0v) is 11.5. The fraction of sp³-hybridized carbons (Fsp3) is 0.923. The Morgan fingerprint density at radius 1 is 1.53 bits per heavy atom. The lowest BCUT2D eigenvalue weighted by atomic mass is 9.84. The van der Waals surface area contributed by atoms with Gasteiger partial charge in [0, 0.05) is 12.6 Å². The van der Waals surface area contributed by atoms with Gasteiger partial charge in [0.25, 0.3) is 0 Å². The molecule has 100 valence electrons. The van der Waals surface area contributed by atoms with E-state index in [1.165, 1.54) is 0 Å². The van der Waals surface area contributed by atoms with E-state index in [4.69, 9.17) is 10.5 Å². The van der Waals surface area contributed by atoms with E-state index in [0.29, 0.717) is 13.2 Å². The fourth-order valence-corrected chi connectivity index (χ4v) is 2.24. The van der Waals surface area contributed by atoms with Gasteiger partial charge in [-0.15, -0.1) is 0 Å². The third-order valence-electron chi connectivity index (χ3n) is 3.53. The summed E-state index contributed by atoms with van der Waals surface area (Å²) in [5, 5.41) is 3.13. The quantitative estimate of drug-likeness (QED) is 0.781. The molecule has 0 bridgehead atoms. The molecule has 1 heterocycles. The van der Waals surface area contributed by atoms with Crippen LogP contribution in [0.2, 0.25) is 0 Å². The first-order valence-corrected chi connectivity index (χ1v) is 6.48. The Bertz CT molecular complexity index is 261. The zero-order chi connectivity index (χ0) is 13.1. The van der Waals surface area contributed by atoms with Crippen molar-refractivity contribution in [3.63, 3.8) is 0 Å². The summed E-state index contributed by atoms with van der Waals surface area (Å²) in [6.45, 7) is 9.63. The summed E-state index contributed by atoms with van der Waals surface area (Å²) >= 11 is 0. The maximum atomic E-state index is 12.2. The van der Waals surface area contributed by atoms with E-state index in [0.717, 1.165) is 12.8 Å². The molecule has 4 nitrogen and oxygen atoms in total. The van der Waals surface area contributed by atoms with E-state index < -0.39 is 0 Å². The first-order chi connectivity index (χ1) is 7.86. The van der Waals surface area contributed by atoms with Gasteiger partial charge in [0.1, 0.15) is 0 Å². The molecule has 1 aliphatic heterocycles. The molecule has 3 atom stereocenters. The largest absolute Gasteiger partial charge is 0.378 e. The van der Waals surface area contributed by atoms with Crippen LogP contribution in [0.15, 0.2) is 0 Å². The van der Waals surface area contributed by atoms with Crippen LogP contribution in [-0.4, -0.2) is 31.2 Å².